The molecule has 0 aliphatic carbocycles. The summed E-state index contributed by atoms with van der Waals surface area (Å²) in [6.45, 7) is 1.60. The topological polar surface area (TPSA) is 59.1 Å². The molecule has 106 valence electrons. The first kappa shape index (κ1) is 13.5. The highest BCUT2D eigenvalue weighted by molar-refractivity contribution is 5.88. The average Bonchev–Trinajstić information content (AvgIpc) is 2.48. The number of anilines is 1. The van der Waals surface area contributed by atoms with E-state index >= 15 is 0 Å². The third-order valence-electron chi connectivity index (χ3n) is 3.62. The Morgan fingerprint density at radius 3 is 2.71 bits per heavy atom. The average molecular weight is 282 g/mol. The molecule has 3 N–H and O–H groups in total. The molecule has 0 saturated heterocycles. The van der Waals surface area contributed by atoms with E-state index in [2.05, 4.69) is 4.98 Å². The van der Waals surface area contributed by atoms with Gasteiger partial charge in [-0.15, -0.1) is 0 Å². The van der Waals surface area contributed by atoms with Crippen molar-refractivity contribution < 1.29 is 9.50 Å². The first-order valence-corrected chi connectivity index (χ1v) is 6.64. The van der Waals surface area contributed by atoms with Gasteiger partial charge in [0.25, 0.3) is 0 Å². The van der Waals surface area contributed by atoms with E-state index in [0.717, 1.165) is 27.5 Å². The van der Waals surface area contributed by atoms with E-state index in [0.29, 0.717) is 11.4 Å². The normalized spacial score (nSPS) is 11.0. The summed E-state index contributed by atoms with van der Waals surface area (Å²) in [4.78, 5) is 4.08. The zero-order valence-corrected chi connectivity index (χ0v) is 11.6. The zero-order chi connectivity index (χ0) is 15.0. The van der Waals surface area contributed by atoms with Crippen LogP contribution in [0.2, 0.25) is 0 Å². The number of aryl methyl sites for hydroxylation is 1. The predicted molar refractivity (Wildman–Crippen MR) is 82.2 cm³/mol. The molecule has 4 heteroatoms. The van der Waals surface area contributed by atoms with Crippen LogP contribution in [0.25, 0.3) is 21.9 Å². The largest absolute Gasteiger partial charge is 0.392 e. The molecule has 3 aromatic rings. The maximum atomic E-state index is 13.9. The van der Waals surface area contributed by atoms with Gasteiger partial charge in [-0.1, -0.05) is 18.2 Å². The van der Waals surface area contributed by atoms with Crippen LogP contribution in [0.1, 0.15) is 11.1 Å². The summed E-state index contributed by atoms with van der Waals surface area (Å²) in [6, 6.07) is 10.8. The molecule has 0 amide bonds. The SMILES string of the molecule is Cc1cc(CO)c(F)cc1-c1ccc2cc(N)ncc2c1. The number of pyridine rings is 1. The second-order valence-electron chi connectivity index (χ2n) is 5.09. The van der Waals surface area contributed by atoms with E-state index in [1.165, 1.54) is 6.07 Å². The zero-order valence-electron chi connectivity index (χ0n) is 11.6. The Balaban J connectivity index is 2.16. The molecule has 0 unspecified atom stereocenters. The van der Waals surface area contributed by atoms with Gasteiger partial charge in [0, 0.05) is 17.1 Å². The molecule has 0 aliphatic rings. The lowest BCUT2D eigenvalue weighted by Gasteiger charge is -2.10. The first-order chi connectivity index (χ1) is 10.1. The summed E-state index contributed by atoms with van der Waals surface area (Å²) in [5, 5.41) is 11.1. The Morgan fingerprint density at radius 1 is 1.14 bits per heavy atom. The van der Waals surface area contributed by atoms with Crippen LogP contribution in [0.3, 0.4) is 0 Å². The minimum absolute atomic E-state index is 0.298. The van der Waals surface area contributed by atoms with Gasteiger partial charge in [0.05, 0.1) is 6.61 Å². The van der Waals surface area contributed by atoms with Gasteiger partial charge >= 0.3 is 0 Å². The van der Waals surface area contributed by atoms with Crippen LogP contribution < -0.4 is 5.73 Å². The Hall–Kier alpha value is -2.46. The monoisotopic (exact) mass is 282 g/mol. The number of benzene rings is 2. The van der Waals surface area contributed by atoms with Crippen molar-refractivity contribution in [1.29, 1.82) is 0 Å². The van der Waals surface area contributed by atoms with Crippen LogP contribution in [-0.4, -0.2) is 10.1 Å². The van der Waals surface area contributed by atoms with Crippen LogP contribution in [0, 0.1) is 12.7 Å². The van der Waals surface area contributed by atoms with Gasteiger partial charge in [-0.05, 0) is 47.2 Å². The third-order valence-corrected chi connectivity index (χ3v) is 3.62. The Kier molecular flexibility index (Phi) is 3.31. The lowest BCUT2D eigenvalue weighted by molar-refractivity contribution is 0.275. The Bertz CT molecular complexity index is 830. The van der Waals surface area contributed by atoms with E-state index in [1.54, 1.807) is 18.3 Å². The van der Waals surface area contributed by atoms with Gasteiger partial charge in [-0.3, -0.25) is 0 Å². The van der Waals surface area contributed by atoms with Crippen molar-refractivity contribution in [3.8, 4) is 11.1 Å². The molecular weight excluding hydrogens is 267 g/mol. The van der Waals surface area contributed by atoms with E-state index < -0.39 is 5.82 Å². The molecule has 3 rings (SSSR count). The van der Waals surface area contributed by atoms with Gasteiger partial charge in [0.15, 0.2) is 0 Å². The number of nitrogen functional groups attached to an aromatic ring is 1. The summed E-state index contributed by atoms with van der Waals surface area (Å²) in [6.07, 6.45) is 1.71. The van der Waals surface area contributed by atoms with Gasteiger partial charge in [0.2, 0.25) is 0 Å². The highest BCUT2D eigenvalue weighted by Crippen LogP contribution is 2.29. The molecule has 0 fully saturated rings. The van der Waals surface area contributed by atoms with Crippen molar-refractivity contribution in [1.82, 2.24) is 4.98 Å². The summed E-state index contributed by atoms with van der Waals surface area (Å²) >= 11 is 0. The van der Waals surface area contributed by atoms with E-state index in [9.17, 15) is 4.39 Å². The molecular formula is C17H15FN2O. The number of hydrogen-bond donors (Lipinski definition) is 2. The molecule has 2 aromatic carbocycles. The molecule has 0 spiro atoms. The number of hydrogen-bond acceptors (Lipinski definition) is 3. The van der Waals surface area contributed by atoms with Crippen molar-refractivity contribution >= 4 is 16.6 Å². The van der Waals surface area contributed by atoms with E-state index in [1.807, 2.05) is 25.1 Å². The Morgan fingerprint density at radius 2 is 1.95 bits per heavy atom. The molecule has 0 saturated carbocycles. The van der Waals surface area contributed by atoms with Crippen LogP contribution in [0.4, 0.5) is 10.2 Å². The van der Waals surface area contributed by atoms with Crippen LogP contribution >= 0.6 is 0 Å². The number of nitrogens with two attached hydrogens (primary N) is 1. The summed E-state index contributed by atoms with van der Waals surface area (Å²) in [7, 11) is 0. The second kappa shape index (κ2) is 5.14. The molecule has 21 heavy (non-hydrogen) atoms. The standard InChI is InChI=1S/C17H15FN2O/c1-10-4-14(9-21)16(18)7-15(10)12-3-2-11-6-17(19)20-8-13(11)5-12/h2-8,21H,9H2,1H3,(H2,19,20). The lowest BCUT2D eigenvalue weighted by atomic mass is 9.96. The highest BCUT2D eigenvalue weighted by Gasteiger charge is 2.09. The number of aliphatic hydroxyl groups is 1. The van der Waals surface area contributed by atoms with Crippen LogP contribution in [-0.2, 0) is 6.61 Å². The van der Waals surface area contributed by atoms with Crippen molar-refractivity contribution in [3.63, 3.8) is 0 Å². The Labute approximate surface area is 121 Å². The fourth-order valence-corrected chi connectivity index (χ4v) is 2.50. The molecule has 1 aromatic heterocycles. The van der Waals surface area contributed by atoms with Crippen molar-refractivity contribution in [2.24, 2.45) is 0 Å². The first-order valence-electron chi connectivity index (χ1n) is 6.64. The number of aliphatic hydroxyl groups excluding tert-OH is 1. The van der Waals surface area contributed by atoms with Gasteiger partial charge in [0.1, 0.15) is 11.6 Å². The summed E-state index contributed by atoms with van der Waals surface area (Å²) < 4.78 is 13.9. The minimum atomic E-state index is -0.395. The number of aromatic nitrogens is 1. The summed E-state index contributed by atoms with van der Waals surface area (Å²) in [5.41, 5.74) is 8.62. The molecule has 0 radical (unpaired) electrons. The fraction of sp³-hybridized carbons (Fsp3) is 0.118. The summed E-state index contributed by atoms with van der Waals surface area (Å²) in [5.74, 6) is 0.0819. The van der Waals surface area contributed by atoms with Gasteiger partial charge < -0.3 is 10.8 Å². The molecule has 0 bridgehead atoms. The molecule has 3 nitrogen and oxygen atoms in total. The van der Waals surface area contributed by atoms with Crippen LogP contribution in [0.5, 0.6) is 0 Å². The third kappa shape index (κ3) is 2.45. The second-order valence-corrected chi connectivity index (χ2v) is 5.09. The van der Waals surface area contributed by atoms with Crippen molar-refractivity contribution in [3.05, 3.63) is 59.5 Å². The van der Waals surface area contributed by atoms with Gasteiger partial charge in [-0.25, -0.2) is 9.37 Å². The van der Waals surface area contributed by atoms with E-state index in [4.69, 9.17) is 10.8 Å². The van der Waals surface area contributed by atoms with E-state index in [-0.39, 0.29) is 6.61 Å². The highest BCUT2D eigenvalue weighted by atomic mass is 19.1. The predicted octanol–water partition coefficient (Wildman–Crippen LogP) is 3.42. The van der Waals surface area contributed by atoms with Crippen LogP contribution in [0.15, 0.2) is 42.6 Å². The van der Waals surface area contributed by atoms with Crippen molar-refractivity contribution in [2.75, 3.05) is 5.73 Å². The molecule has 0 atom stereocenters. The van der Waals surface area contributed by atoms with Crippen molar-refractivity contribution in [2.45, 2.75) is 13.5 Å². The maximum absolute atomic E-state index is 13.9. The maximum Gasteiger partial charge on any atom is 0.129 e. The number of fused-ring (bicyclic) bond motifs is 1. The number of halogens is 1. The fourth-order valence-electron chi connectivity index (χ4n) is 2.50. The quantitative estimate of drug-likeness (QED) is 0.757. The number of rotatable bonds is 2. The smallest absolute Gasteiger partial charge is 0.129 e. The molecule has 1 heterocycles. The number of nitrogens with zero attached hydrogens (tertiary/aromatic N) is 1. The van der Waals surface area contributed by atoms with Gasteiger partial charge in [-0.2, -0.15) is 0 Å². The lowest BCUT2D eigenvalue weighted by Crippen LogP contribution is -1.94. The molecule has 0 aliphatic heterocycles. The minimum Gasteiger partial charge on any atom is -0.392 e.